The largest absolute Gasteiger partial charge is 0.466 e. The first kappa shape index (κ1) is 22.1. The van der Waals surface area contributed by atoms with Gasteiger partial charge in [-0.1, -0.05) is 54.6 Å². The van der Waals surface area contributed by atoms with Crippen LogP contribution in [0.4, 0.5) is 0 Å². The Labute approximate surface area is 180 Å². The van der Waals surface area contributed by atoms with Crippen LogP contribution in [0.3, 0.4) is 0 Å². The van der Waals surface area contributed by atoms with Gasteiger partial charge in [0, 0.05) is 18.7 Å². The molecular formula is C24H27N3O4. The summed E-state index contributed by atoms with van der Waals surface area (Å²) in [6.45, 7) is 2.09. The Morgan fingerprint density at radius 1 is 1.00 bits per heavy atom. The SMILES string of the molecule is CCOC(=O)CCC(CCc1ccc(-c2ccccc2)cc1)NC(=O)c1c[nH]c(=O)[nH]1. The van der Waals surface area contributed by atoms with Crippen molar-refractivity contribution in [1.29, 1.82) is 0 Å². The highest BCUT2D eigenvalue weighted by Gasteiger charge is 2.17. The Kier molecular flexibility index (Phi) is 7.81. The van der Waals surface area contributed by atoms with Crippen LogP contribution in [-0.2, 0) is 16.0 Å². The lowest BCUT2D eigenvalue weighted by Gasteiger charge is -2.18. The van der Waals surface area contributed by atoms with Gasteiger partial charge in [0.15, 0.2) is 0 Å². The molecule has 0 aliphatic rings. The number of hydrogen-bond acceptors (Lipinski definition) is 4. The van der Waals surface area contributed by atoms with Gasteiger partial charge in [-0.15, -0.1) is 0 Å². The summed E-state index contributed by atoms with van der Waals surface area (Å²) in [6, 6.07) is 18.3. The first-order chi connectivity index (χ1) is 15.0. The number of rotatable bonds is 10. The summed E-state index contributed by atoms with van der Waals surface area (Å²) < 4.78 is 5.00. The van der Waals surface area contributed by atoms with E-state index in [0.29, 0.717) is 19.4 Å². The van der Waals surface area contributed by atoms with Gasteiger partial charge in [0.25, 0.3) is 5.91 Å². The minimum atomic E-state index is -0.438. The minimum absolute atomic E-state index is 0.165. The Bertz CT molecular complexity index is 1040. The fourth-order valence-electron chi connectivity index (χ4n) is 3.37. The molecule has 1 aromatic heterocycles. The highest BCUT2D eigenvalue weighted by Crippen LogP contribution is 2.20. The summed E-state index contributed by atoms with van der Waals surface area (Å²) in [5.74, 6) is -0.671. The quantitative estimate of drug-likeness (QED) is 0.436. The maximum Gasteiger partial charge on any atom is 0.323 e. The first-order valence-corrected chi connectivity index (χ1v) is 10.4. The van der Waals surface area contributed by atoms with Crippen LogP contribution >= 0.6 is 0 Å². The molecule has 2 aromatic carbocycles. The number of amides is 1. The molecule has 0 saturated carbocycles. The zero-order chi connectivity index (χ0) is 22.1. The van der Waals surface area contributed by atoms with Crippen LogP contribution in [0.5, 0.6) is 0 Å². The summed E-state index contributed by atoms with van der Waals surface area (Å²) >= 11 is 0. The number of esters is 1. The van der Waals surface area contributed by atoms with E-state index in [1.54, 1.807) is 6.92 Å². The average molecular weight is 421 g/mol. The number of aromatic nitrogens is 2. The molecule has 3 N–H and O–H groups in total. The predicted octanol–water partition coefficient (Wildman–Crippen LogP) is 3.44. The van der Waals surface area contributed by atoms with Gasteiger partial charge < -0.3 is 20.0 Å². The third kappa shape index (κ3) is 6.70. The van der Waals surface area contributed by atoms with Crippen LogP contribution < -0.4 is 11.0 Å². The van der Waals surface area contributed by atoms with E-state index in [0.717, 1.165) is 23.1 Å². The van der Waals surface area contributed by atoms with Gasteiger partial charge in [0.05, 0.1) is 6.61 Å². The molecule has 0 spiro atoms. The summed E-state index contributed by atoms with van der Waals surface area (Å²) in [4.78, 5) is 40.3. The van der Waals surface area contributed by atoms with Gasteiger partial charge in [-0.3, -0.25) is 9.59 Å². The van der Waals surface area contributed by atoms with E-state index in [4.69, 9.17) is 4.74 Å². The van der Waals surface area contributed by atoms with E-state index in [2.05, 4.69) is 51.7 Å². The molecule has 162 valence electrons. The van der Waals surface area contributed by atoms with E-state index in [1.807, 2.05) is 18.2 Å². The Hall–Kier alpha value is -3.61. The number of benzene rings is 2. The van der Waals surface area contributed by atoms with Crippen molar-refractivity contribution in [3.8, 4) is 11.1 Å². The maximum atomic E-state index is 12.4. The summed E-state index contributed by atoms with van der Waals surface area (Å²) in [7, 11) is 0. The Morgan fingerprint density at radius 2 is 1.71 bits per heavy atom. The van der Waals surface area contributed by atoms with Crippen molar-refractivity contribution in [2.45, 2.75) is 38.6 Å². The molecule has 0 bridgehead atoms. The molecule has 1 unspecified atom stereocenters. The second-order valence-electron chi connectivity index (χ2n) is 7.27. The van der Waals surface area contributed by atoms with Gasteiger partial charge in [-0.2, -0.15) is 0 Å². The van der Waals surface area contributed by atoms with Crippen LogP contribution in [0.15, 0.2) is 65.6 Å². The summed E-state index contributed by atoms with van der Waals surface area (Å²) in [5.41, 5.74) is 3.18. The molecule has 0 radical (unpaired) electrons. The van der Waals surface area contributed by atoms with E-state index >= 15 is 0 Å². The number of carbonyl (C=O) groups is 2. The van der Waals surface area contributed by atoms with E-state index < -0.39 is 5.69 Å². The molecule has 0 aliphatic carbocycles. The molecule has 3 aromatic rings. The second kappa shape index (κ2) is 11.0. The number of aryl methyl sites for hydroxylation is 1. The number of carbonyl (C=O) groups excluding carboxylic acids is 2. The fraction of sp³-hybridized carbons (Fsp3) is 0.292. The molecule has 31 heavy (non-hydrogen) atoms. The van der Waals surface area contributed by atoms with Gasteiger partial charge in [-0.25, -0.2) is 4.79 Å². The van der Waals surface area contributed by atoms with Crippen LogP contribution in [-0.4, -0.2) is 34.5 Å². The van der Waals surface area contributed by atoms with Crippen molar-refractivity contribution in [3.05, 3.63) is 82.5 Å². The molecule has 1 atom stereocenters. The van der Waals surface area contributed by atoms with Crippen molar-refractivity contribution >= 4 is 11.9 Å². The van der Waals surface area contributed by atoms with E-state index in [-0.39, 0.29) is 30.0 Å². The van der Waals surface area contributed by atoms with Crippen molar-refractivity contribution < 1.29 is 14.3 Å². The molecule has 1 amide bonds. The fourth-order valence-corrected chi connectivity index (χ4v) is 3.37. The number of imidazole rings is 1. The van der Waals surface area contributed by atoms with Gasteiger partial charge in [0.2, 0.25) is 0 Å². The molecule has 0 fully saturated rings. The minimum Gasteiger partial charge on any atom is -0.466 e. The molecule has 7 heteroatoms. The van der Waals surface area contributed by atoms with Gasteiger partial charge in [0.1, 0.15) is 5.69 Å². The predicted molar refractivity (Wildman–Crippen MR) is 119 cm³/mol. The zero-order valence-corrected chi connectivity index (χ0v) is 17.5. The number of hydrogen-bond donors (Lipinski definition) is 3. The van der Waals surface area contributed by atoms with E-state index in [1.165, 1.54) is 6.20 Å². The standard InChI is InChI=1S/C24H27N3O4/c1-2-31-22(28)15-14-20(26-23(29)21-16-25-24(30)27-21)13-10-17-8-11-19(12-9-17)18-6-4-3-5-7-18/h3-9,11-12,16,20H,2,10,13-15H2,1H3,(H,26,29)(H2,25,27,30). The van der Waals surface area contributed by atoms with Crippen LogP contribution in [0, 0.1) is 0 Å². The third-order valence-corrected chi connectivity index (χ3v) is 5.02. The Balaban J connectivity index is 1.62. The topological polar surface area (TPSA) is 104 Å². The van der Waals surface area contributed by atoms with E-state index in [9.17, 15) is 14.4 Å². The molecule has 0 aliphatic heterocycles. The number of ether oxygens (including phenoxy) is 1. The van der Waals surface area contributed by atoms with Gasteiger partial charge in [-0.05, 0) is 42.9 Å². The monoisotopic (exact) mass is 421 g/mol. The average Bonchev–Trinajstić information content (AvgIpc) is 3.23. The molecule has 3 rings (SSSR count). The van der Waals surface area contributed by atoms with Crippen LogP contribution in [0.1, 0.15) is 42.2 Å². The van der Waals surface area contributed by atoms with Crippen molar-refractivity contribution in [3.63, 3.8) is 0 Å². The van der Waals surface area contributed by atoms with Crippen molar-refractivity contribution in [2.75, 3.05) is 6.61 Å². The summed E-state index contributed by atoms with van der Waals surface area (Å²) in [6.07, 6.45) is 3.41. The highest BCUT2D eigenvalue weighted by atomic mass is 16.5. The van der Waals surface area contributed by atoms with Crippen LogP contribution in [0.25, 0.3) is 11.1 Å². The van der Waals surface area contributed by atoms with Crippen LogP contribution in [0.2, 0.25) is 0 Å². The number of aromatic amines is 2. The number of nitrogens with one attached hydrogen (secondary N) is 3. The number of H-pyrrole nitrogens is 2. The second-order valence-corrected chi connectivity index (χ2v) is 7.27. The lowest BCUT2D eigenvalue weighted by Crippen LogP contribution is -2.36. The normalized spacial score (nSPS) is 11.6. The van der Waals surface area contributed by atoms with Crippen molar-refractivity contribution in [2.24, 2.45) is 0 Å². The third-order valence-electron chi connectivity index (χ3n) is 5.02. The Morgan fingerprint density at radius 3 is 2.35 bits per heavy atom. The molecule has 7 nitrogen and oxygen atoms in total. The maximum absolute atomic E-state index is 12.4. The van der Waals surface area contributed by atoms with Gasteiger partial charge >= 0.3 is 11.7 Å². The molecular weight excluding hydrogens is 394 g/mol. The molecule has 1 heterocycles. The van der Waals surface area contributed by atoms with Crippen molar-refractivity contribution in [1.82, 2.24) is 15.3 Å². The summed E-state index contributed by atoms with van der Waals surface area (Å²) in [5, 5.41) is 2.91. The smallest absolute Gasteiger partial charge is 0.323 e. The first-order valence-electron chi connectivity index (χ1n) is 10.4. The zero-order valence-electron chi connectivity index (χ0n) is 17.5. The lowest BCUT2D eigenvalue weighted by molar-refractivity contribution is -0.143. The molecule has 0 saturated heterocycles. The highest BCUT2D eigenvalue weighted by molar-refractivity contribution is 5.92. The lowest BCUT2D eigenvalue weighted by atomic mass is 9.99.